The van der Waals surface area contributed by atoms with Gasteiger partial charge in [-0.1, -0.05) is 90.3 Å². The van der Waals surface area contributed by atoms with E-state index < -0.39 is 32.9 Å². The molecule has 59 heavy (non-hydrogen) atoms. The maximum atomic E-state index is 8.89. The third-order valence-corrected chi connectivity index (χ3v) is 14.5. The first-order valence-electron chi connectivity index (χ1n) is 22.8. The third kappa shape index (κ3) is 8.58. The van der Waals surface area contributed by atoms with Crippen molar-refractivity contribution in [2.24, 2.45) is 0 Å². The Morgan fingerprint density at radius 2 is 1.22 bits per heavy atom. The first kappa shape index (κ1) is 32.2. The molecule has 3 aromatic heterocycles. The van der Waals surface area contributed by atoms with E-state index in [9.17, 15) is 0 Å². The molecule has 10 rings (SSSR count). The maximum absolute atomic E-state index is 8.89. The van der Waals surface area contributed by atoms with Crippen LogP contribution in [0.5, 0.6) is 0 Å². The Morgan fingerprint density at radius 1 is 0.593 bits per heavy atom. The summed E-state index contributed by atoms with van der Waals surface area (Å²) in [5.74, 6) is 6.66. The third-order valence-electron chi connectivity index (χ3n) is 10.2. The van der Waals surface area contributed by atoms with Crippen LogP contribution in [0.25, 0.3) is 66.0 Å². The Balaban J connectivity index is 0.000000182. The molecule has 0 aliphatic heterocycles. The molecule has 3 heterocycles. The van der Waals surface area contributed by atoms with Crippen LogP contribution >= 0.6 is 0 Å². The van der Waals surface area contributed by atoms with Gasteiger partial charge in [0.1, 0.15) is 5.58 Å². The van der Waals surface area contributed by atoms with Crippen molar-refractivity contribution in [3.8, 4) is 22.5 Å². The van der Waals surface area contributed by atoms with Crippen LogP contribution in [0, 0.1) is 19.0 Å². The largest absolute Gasteiger partial charge is 0.500 e. The molecule has 0 atom stereocenters. The molecule has 0 saturated heterocycles. The number of benzene rings is 7. The van der Waals surface area contributed by atoms with Crippen molar-refractivity contribution < 1.29 is 34.1 Å². The summed E-state index contributed by atoms with van der Waals surface area (Å²) < 4.78 is 65.2. The van der Waals surface area contributed by atoms with Crippen molar-refractivity contribution in [2.45, 2.75) is 36.9 Å². The predicted octanol–water partition coefficient (Wildman–Crippen LogP) is 13.3. The van der Waals surface area contributed by atoms with Gasteiger partial charge in [0.25, 0.3) is 0 Å². The molecule has 0 spiro atoms. The van der Waals surface area contributed by atoms with Crippen LogP contribution in [0.4, 0.5) is 0 Å². The number of aryl methyl sites for hydroxylation is 1. The Bertz CT molecular complexity index is 3350. The second-order valence-corrected chi connectivity index (χ2v) is 25.9. The number of pyridine rings is 2. The minimum Gasteiger partial charge on any atom is -0.500 e. The first-order valence-corrected chi connectivity index (χ1v) is 26.6. The fraction of sp³-hybridized carbons (Fsp3) is 0.111. The van der Waals surface area contributed by atoms with Gasteiger partial charge < -0.3 is 9.40 Å². The molecule has 0 saturated carbocycles. The fourth-order valence-corrected chi connectivity index (χ4v) is 10.3. The van der Waals surface area contributed by atoms with Gasteiger partial charge in [-0.2, -0.15) is 0 Å². The normalized spacial score (nSPS) is 13.8. The van der Waals surface area contributed by atoms with E-state index in [1.807, 2.05) is 66.7 Å². The molecule has 0 aliphatic carbocycles. The quantitative estimate of drug-likeness (QED) is 0.0907. The standard InChI is InChI=1S/C32H20NO.C22H24GeN.Ir/c1-2-8-21(9-3-1)18-22-16-17-33-29(19-22)23-14-15-30-28(20-23)31-26-12-6-4-10-24(26)25-11-5-7-13-27(25)32(31)34-30;1-17-10-12-19(13-11-17)22-15-20(14-18-8-6-5-7-9-18)21(16-24-22)23(2,3)4;/h1-13,15-17,19-20H,18H2;5-12,15-16H,14H2,1-4H3;/q2*-1;/i18D2;1D3,14D2;. The van der Waals surface area contributed by atoms with Gasteiger partial charge in [0.15, 0.2) is 0 Å². The number of aromatic nitrogens is 2. The zero-order valence-electron chi connectivity index (χ0n) is 39.8. The van der Waals surface area contributed by atoms with E-state index >= 15 is 0 Å². The molecule has 291 valence electrons. The average molecular weight is 1010 g/mol. The summed E-state index contributed by atoms with van der Waals surface area (Å²) in [5, 5.41) is 6.66. The molecule has 5 heteroatoms. The van der Waals surface area contributed by atoms with Gasteiger partial charge in [0, 0.05) is 39.8 Å². The van der Waals surface area contributed by atoms with Crippen molar-refractivity contribution in [1.82, 2.24) is 9.97 Å². The van der Waals surface area contributed by atoms with Gasteiger partial charge in [-0.15, -0.1) is 23.8 Å². The van der Waals surface area contributed by atoms with Crippen LogP contribution in [-0.4, -0.2) is 23.2 Å². The van der Waals surface area contributed by atoms with E-state index in [0.29, 0.717) is 39.2 Å². The van der Waals surface area contributed by atoms with Crippen LogP contribution < -0.4 is 4.40 Å². The minimum atomic E-state index is -2.42. The van der Waals surface area contributed by atoms with Gasteiger partial charge in [-0.05, 0) is 45.4 Å². The molecule has 7 aromatic carbocycles. The molecule has 0 amide bonds. The average Bonchev–Trinajstić information content (AvgIpc) is 3.71. The molecule has 3 nitrogen and oxygen atoms in total. The summed E-state index contributed by atoms with van der Waals surface area (Å²) in [6.45, 7) is -2.18. The van der Waals surface area contributed by atoms with Crippen molar-refractivity contribution in [3.05, 3.63) is 210 Å². The Kier molecular flexibility index (Phi) is 9.45. The van der Waals surface area contributed by atoms with Crippen molar-refractivity contribution >= 4 is 61.1 Å². The Hall–Kier alpha value is -5.65. The summed E-state index contributed by atoms with van der Waals surface area (Å²) in [5.41, 5.74) is 6.98. The molecule has 0 N–H and O–H groups in total. The molecular formula is C54H44GeIrN2O-2. The molecule has 0 fully saturated rings. The van der Waals surface area contributed by atoms with E-state index in [-0.39, 0.29) is 25.7 Å². The number of fused-ring (bicyclic) bond motifs is 8. The van der Waals surface area contributed by atoms with E-state index in [0.717, 1.165) is 42.7 Å². The summed E-state index contributed by atoms with van der Waals surface area (Å²) in [6, 6.07) is 55.5. The smallest absolute Gasteiger partial charge is 0.129 e. The SMILES string of the molecule is [2H]C([2H])([2H])c1c[c-]c(-c2cc(C([2H])([2H])c3ccccc3)[c]([Ge]([CH3])([CH3])[CH3])cn2)cc1.[2H]C([2H])(c1ccccc1)c1ccnc(-c2[c-]cc3oc4c5ccccc5c5ccccc5c4c3c2)c1.[Ir]. The summed E-state index contributed by atoms with van der Waals surface area (Å²) in [4.78, 5) is 9.16. The number of hydrogen-bond acceptors (Lipinski definition) is 3. The molecule has 0 aliphatic rings. The van der Waals surface area contributed by atoms with Crippen LogP contribution in [0.3, 0.4) is 0 Å². The monoisotopic (exact) mass is 1010 g/mol. The van der Waals surface area contributed by atoms with Crippen molar-refractivity contribution in [2.75, 3.05) is 0 Å². The van der Waals surface area contributed by atoms with Crippen LogP contribution in [0.2, 0.25) is 17.3 Å². The number of rotatable bonds is 7. The topological polar surface area (TPSA) is 38.9 Å². The van der Waals surface area contributed by atoms with Crippen LogP contribution in [0.1, 0.15) is 37.4 Å². The molecular weight excluding hydrogens is 957 g/mol. The molecule has 0 bridgehead atoms. The zero-order chi connectivity index (χ0) is 45.7. The van der Waals surface area contributed by atoms with Gasteiger partial charge >= 0.3 is 155 Å². The van der Waals surface area contributed by atoms with Crippen molar-refractivity contribution in [3.63, 3.8) is 0 Å². The van der Waals surface area contributed by atoms with Gasteiger partial charge in [0.05, 0.1) is 5.58 Å². The van der Waals surface area contributed by atoms with Crippen LogP contribution in [-0.2, 0) is 32.9 Å². The van der Waals surface area contributed by atoms with E-state index in [1.165, 1.54) is 16.8 Å². The fourth-order valence-electron chi connectivity index (χ4n) is 7.41. The number of hydrogen-bond donors (Lipinski definition) is 0. The van der Waals surface area contributed by atoms with E-state index in [4.69, 9.17) is 14.0 Å². The van der Waals surface area contributed by atoms with Gasteiger partial charge in [0.2, 0.25) is 0 Å². The Morgan fingerprint density at radius 3 is 1.90 bits per heavy atom. The zero-order valence-corrected chi connectivity index (χ0v) is 37.3. The van der Waals surface area contributed by atoms with Crippen LogP contribution in [0.15, 0.2) is 175 Å². The number of furan rings is 1. The predicted molar refractivity (Wildman–Crippen MR) is 246 cm³/mol. The summed E-state index contributed by atoms with van der Waals surface area (Å²) in [6.07, 6.45) is 0.169. The molecule has 0 unspecified atom stereocenters. The number of nitrogens with zero attached hydrogens (tertiary/aromatic N) is 2. The second-order valence-electron chi connectivity index (χ2n) is 15.3. The van der Waals surface area contributed by atoms with E-state index in [1.54, 1.807) is 48.8 Å². The molecule has 1 radical (unpaired) electrons. The summed E-state index contributed by atoms with van der Waals surface area (Å²) in [7, 11) is 0. The Labute approximate surface area is 372 Å². The van der Waals surface area contributed by atoms with E-state index in [2.05, 4.69) is 87.9 Å². The van der Waals surface area contributed by atoms with Gasteiger partial charge in [-0.25, -0.2) is 0 Å². The van der Waals surface area contributed by atoms with Gasteiger partial charge in [-0.3, -0.25) is 0 Å². The molecule has 10 aromatic rings. The minimum absolute atomic E-state index is 0. The maximum Gasteiger partial charge on any atom is 0.129 e. The first-order chi connectivity index (χ1) is 31.0. The summed E-state index contributed by atoms with van der Waals surface area (Å²) >= 11 is -2.42. The van der Waals surface area contributed by atoms with Crippen molar-refractivity contribution in [1.29, 1.82) is 0 Å². The second kappa shape index (κ2) is 17.3.